The van der Waals surface area contributed by atoms with Crippen LogP contribution in [0.1, 0.15) is 11.3 Å². The molecule has 0 aliphatic rings. The number of ether oxygens (including phenoxy) is 2. The molecule has 4 aromatic rings. The number of rotatable bonds is 7. The van der Waals surface area contributed by atoms with Gasteiger partial charge in [0.15, 0.2) is 16.5 Å². The van der Waals surface area contributed by atoms with E-state index in [0.717, 1.165) is 27.5 Å². The molecule has 2 aromatic heterocycles. The molecule has 0 bridgehead atoms. The maximum absolute atomic E-state index is 12.4. The van der Waals surface area contributed by atoms with Crippen LogP contribution in [0.2, 0.25) is 0 Å². The Morgan fingerprint density at radius 1 is 1.10 bits per heavy atom. The van der Waals surface area contributed by atoms with Gasteiger partial charge in [0.2, 0.25) is 5.91 Å². The average molecular weight is 407 g/mol. The van der Waals surface area contributed by atoms with Crippen molar-refractivity contribution < 1.29 is 14.3 Å². The molecule has 1 amide bonds. The number of carbonyl (C=O) groups excluding carboxylic acids is 1. The first-order valence-corrected chi connectivity index (χ1v) is 10.0. The fourth-order valence-corrected chi connectivity index (χ4v) is 3.99. The quantitative estimate of drug-likeness (QED) is 0.504. The molecule has 2 heterocycles. The summed E-state index contributed by atoms with van der Waals surface area (Å²) in [7, 11) is 3.22. The summed E-state index contributed by atoms with van der Waals surface area (Å²) in [6, 6.07) is 15.6. The molecule has 0 spiro atoms. The molecular weight excluding hydrogens is 386 g/mol. The zero-order valence-corrected chi connectivity index (χ0v) is 17.0. The average Bonchev–Trinajstić information content (AvgIpc) is 3.34. The summed E-state index contributed by atoms with van der Waals surface area (Å²) in [5.41, 5.74) is 3.74. The van der Waals surface area contributed by atoms with Crippen LogP contribution in [0.15, 0.2) is 60.1 Å². The zero-order chi connectivity index (χ0) is 20.2. The SMILES string of the molecule is COc1ccc(-c2cn3c(CC(=O)NCc4ccccc4)csc3n2)cc1OC. The van der Waals surface area contributed by atoms with Gasteiger partial charge < -0.3 is 14.8 Å². The fourth-order valence-electron chi connectivity index (χ4n) is 3.11. The molecule has 6 nitrogen and oxygen atoms in total. The van der Waals surface area contributed by atoms with Crippen LogP contribution in [0.4, 0.5) is 0 Å². The van der Waals surface area contributed by atoms with Gasteiger partial charge in [-0.15, -0.1) is 11.3 Å². The highest BCUT2D eigenvalue weighted by Gasteiger charge is 2.14. The van der Waals surface area contributed by atoms with E-state index in [0.29, 0.717) is 24.5 Å². The zero-order valence-electron chi connectivity index (χ0n) is 16.2. The number of aromatic nitrogens is 2. The van der Waals surface area contributed by atoms with Crippen LogP contribution in [0.25, 0.3) is 16.2 Å². The second kappa shape index (κ2) is 8.36. The van der Waals surface area contributed by atoms with Crippen molar-refractivity contribution in [1.82, 2.24) is 14.7 Å². The van der Waals surface area contributed by atoms with Crippen LogP contribution >= 0.6 is 11.3 Å². The number of amides is 1. The van der Waals surface area contributed by atoms with Crippen molar-refractivity contribution in [3.8, 4) is 22.8 Å². The van der Waals surface area contributed by atoms with Crippen molar-refractivity contribution in [3.63, 3.8) is 0 Å². The van der Waals surface area contributed by atoms with Gasteiger partial charge in [-0.2, -0.15) is 0 Å². The predicted molar refractivity (Wildman–Crippen MR) is 114 cm³/mol. The Morgan fingerprint density at radius 2 is 1.90 bits per heavy atom. The van der Waals surface area contributed by atoms with Gasteiger partial charge in [0.1, 0.15) is 0 Å². The summed E-state index contributed by atoms with van der Waals surface area (Å²) in [4.78, 5) is 17.9. The Bertz CT molecular complexity index is 1130. The number of imidazole rings is 1. The fraction of sp³-hybridized carbons (Fsp3) is 0.182. The van der Waals surface area contributed by atoms with Crippen LogP contribution in [0, 0.1) is 0 Å². The van der Waals surface area contributed by atoms with E-state index >= 15 is 0 Å². The minimum absolute atomic E-state index is 0.0186. The molecule has 4 rings (SSSR count). The minimum atomic E-state index is -0.0186. The number of hydrogen-bond acceptors (Lipinski definition) is 5. The minimum Gasteiger partial charge on any atom is -0.493 e. The Morgan fingerprint density at radius 3 is 2.66 bits per heavy atom. The maximum atomic E-state index is 12.4. The summed E-state index contributed by atoms with van der Waals surface area (Å²) in [6.07, 6.45) is 2.25. The maximum Gasteiger partial charge on any atom is 0.226 e. The van der Waals surface area contributed by atoms with Crippen LogP contribution in [-0.2, 0) is 17.8 Å². The lowest BCUT2D eigenvalue weighted by Gasteiger charge is -2.08. The summed E-state index contributed by atoms with van der Waals surface area (Å²) >= 11 is 1.52. The van der Waals surface area contributed by atoms with Gasteiger partial charge in [0.05, 0.1) is 26.3 Å². The lowest BCUT2D eigenvalue weighted by atomic mass is 10.1. The molecule has 7 heteroatoms. The Labute approximate surface area is 172 Å². The third kappa shape index (κ3) is 4.09. The molecule has 2 aromatic carbocycles. The van der Waals surface area contributed by atoms with Gasteiger partial charge in [0.25, 0.3) is 0 Å². The normalized spacial score (nSPS) is 10.8. The molecule has 0 fully saturated rings. The molecule has 0 unspecified atom stereocenters. The van der Waals surface area contributed by atoms with Crippen molar-refractivity contribution in [3.05, 3.63) is 71.4 Å². The van der Waals surface area contributed by atoms with E-state index < -0.39 is 0 Å². The molecule has 0 aliphatic heterocycles. The number of nitrogens with zero attached hydrogens (tertiary/aromatic N) is 2. The van der Waals surface area contributed by atoms with Crippen molar-refractivity contribution in [2.24, 2.45) is 0 Å². The van der Waals surface area contributed by atoms with Gasteiger partial charge in [-0.1, -0.05) is 30.3 Å². The lowest BCUT2D eigenvalue weighted by molar-refractivity contribution is -0.120. The van der Waals surface area contributed by atoms with E-state index in [-0.39, 0.29) is 5.91 Å². The summed E-state index contributed by atoms with van der Waals surface area (Å²) in [5.74, 6) is 1.31. The Kier molecular flexibility index (Phi) is 5.48. The van der Waals surface area contributed by atoms with E-state index in [4.69, 9.17) is 9.47 Å². The van der Waals surface area contributed by atoms with Crippen LogP contribution in [0.5, 0.6) is 11.5 Å². The lowest BCUT2D eigenvalue weighted by Crippen LogP contribution is -2.24. The highest BCUT2D eigenvalue weighted by molar-refractivity contribution is 7.15. The molecule has 1 N–H and O–H groups in total. The molecule has 0 radical (unpaired) electrons. The number of hydrogen-bond donors (Lipinski definition) is 1. The van der Waals surface area contributed by atoms with Crippen molar-refractivity contribution in [1.29, 1.82) is 0 Å². The van der Waals surface area contributed by atoms with Gasteiger partial charge in [-0.25, -0.2) is 4.98 Å². The molecule has 29 heavy (non-hydrogen) atoms. The van der Waals surface area contributed by atoms with Crippen LogP contribution < -0.4 is 14.8 Å². The third-order valence-electron chi connectivity index (χ3n) is 4.64. The first kappa shape index (κ1) is 19.0. The Balaban J connectivity index is 1.51. The Hall–Kier alpha value is -3.32. The first-order valence-electron chi connectivity index (χ1n) is 9.16. The molecular formula is C22H21N3O3S. The van der Waals surface area contributed by atoms with Gasteiger partial charge >= 0.3 is 0 Å². The van der Waals surface area contributed by atoms with E-state index in [9.17, 15) is 4.79 Å². The second-order valence-electron chi connectivity index (χ2n) is 6.51. The first-order chi connectivity index (χ1) is 14.2. The number of nitrogens with one attached hydrogen (secondary N) is 1. The predicted octanol–water partition coefficient (Wildman–Crippen LogP) is 3.94. The van der Waals surface area contributed by atoms with E-state index in [1.807, 2.05) is 64.5 Å². The molecule has 148 valence electrons. The molecule has 0 saturated carbocycles. The monoisotopic (exact) mass is 407 g/mol. The second-order valence-corrected chi connectivity index (χ2v) is 7.35. The summed E-state index contributed by atoms with van der Waals surface area (Å²) in [6.45, 7) is 0.522. The third-order valence-corrected chi connectivity index (χ3v) is 5.53. The van der Waals surface area contributed by atoms with Gasteiger partial charge in [0, 0.05) is 29.4 Å². The number of thiazole rings is 1. The van der Waals surface area contributed by atoms with Gasteiger partial charge in [-0.05, 0) is 23.8 Å². The topological polar surface area (TPSA) is 64.9 Å². The van der Waals surface area contributed by atoms with E-state index in [2.05, 4.69) is 10.3 Å². The molecule has 0 saturated heterocycles. The van der Waals surface area contributed by atoms with E-state index in [1.165, 1.54) is 11.3 Å². The summed E-state index contributed by atoms with van der Waals surface area (Å²) in [5, 5.41) is 4.94. The smallest absolute Gasteiger partial charge is 0.226 e. The summed E-state index contributed by atoms with van der Waals surface area (Å²) < 4.78 is 12.7. The van der Waals surface area contributed by atoms with E-state index in [1.54, 1.807) is 14.2 Å². The standard InChI is InChI=1S/C22H21N3O3S/c1-27-19-9-8-16(10-20(19)28-2)18-13-25-17(14-29-22(25)24-18)11-21(26)23-12-15-6-4-3-5-7-15/h3-10,13-14H,11-12H2,1-2H3,(H,23,26). The molecule has 0 atom stereocenters. The van der Waals surface area contributed by atoms with Crippen molar-refractivity contribution in [2.75, 3.05) is 14.2 Å². The molecule has 0 aliphatic carbocycles. The largest absolute Gasteiger partial charge is 0.493 e. The highest BCUT2D eigenvalue weighted by Crippen LogP contribution is 2.32. The van der Waals surface area contributed by atoms with Crippen LogP contribution in [0.3, 0.4) is 0 Å². The highest BCUT2D eigenvalue weighted by atomic mass is 32.1. The van der Waals surface area contributed by atoms with Crippen molar-refractivity contribution in [2.45, 2.75) is 13.0 Å². The number of methoxy groups -OCH3 is 2. The number of benzene rings is 2. The number of fused-ring (bicyclic) bond motifs is 1. The van der Waals surface area contributed by atoms with Crippen molar-refractivity contribution >= 4 is 22.2 Å². The van der Waals surface area contributed by atoms with Crippen LogP contribution in [-0.4, -0.2) is 29.5 Å². The van der Waals surface area contributed by atoms with Gasteiger partial charge in [-0.3, -0.25) is 9.20 Å². The number of carbonyl (C=O) groups is 1.